The van der Waals surface area contributed by atoms with Crippen molar-refractivity contribution in [2.45, 2.75) is 26.3 Å². The van der Waals surface area contributed by atoms with Crippen LogP contribution in [0.25, 0.3) is 0 Å². The maximum atomic E-state index is 14.0. The van der Waals surface area contributed by atoms with E-state index in [0.717, 1.165) is 5.01 Å². The van der Waals surface area contributed by atoms with E-state index in [9.17, 15) is 14.0 Å². The highest BCUT2D eigenvalue weighted by Crippen LogP contribution is 2.26. The highest BCUT2D eigenvalue weighted by molar-refractivity contribution is 9.10. The lowest BCUT2D eigenvalue weighted by molar-refractivity contribution is -0.00407. The fourth-order valence-electron chi connectivity index (χ4n) is 2.22. The van der Waals surface area contributed by atoms with Crippen molar-refractivity contribution in [3.05, 3.63) is 69.9 Å². The van der Waals surface area contributed by atoms with E-state index in [1.54, 1.807) is 51.1 Å². The van der Waals surface area contributed by atoms with Crippen LogP contribution in [0.2, 0.25) is 0 Å². The minimum Gasteiger partial charge on any atom is -0.267 e. The van der Waals surface area contributed by atoms with Crippen LogP contribution in [0.1, 0.15) is 41.5 Å². The molecule has 0 aliphatic carbocycles. The minimum atomic E-state index is -0.863. The van der Waals surface area contributed by atoms with Crippen LogP contribution < -0.4 is 0 Å². The molecule has 2 aromatic carbocycles. The van der Waals surface area contributed by atoms with Gasteiger partial charge in [0.25, 0.3) is 11.8 Å². The monoisotopic (exact) mass is 426 g/mol. The van der Waals surface area contributed by atoms with E-state index in [-0.39, 0.29) is 11.1 Å². The molecule has 0 saturated carbocycles. The first-order chi connectivity index (χ1) is 11.6. The molecule has 0 N–H and O–H groups in total. The molecule has 0 unspecified atom stereocenters. The molecule has 132 valence electrons. The number of rotatable bonds is 2. The Bertz CT molecular complexity index is 808. The molecule has 0 aromatic heterocycles. The third-order valence-electron chi connectivity index (χ3n) is 3.38. The van der Waals surface area contributed by atoms with E-state index in [1.807, 2.05) is 0 Å². The van der Waals surface area contributed by atoms with Crippen LogP contribution in [0.5, 0.6) is 0 Å². The van der Waals surface area contributed by atoms with Gasteiger partial charge in [-0.2, -0.15) is 4.53 Å². The van der Waals surface area contributed by atoms with Gasteiger partial charge >= 0.3 is 0 Å². The topological polar surface area (TPSA) is 40.6 Å². The van der Waals surface area contributed by atoms with Crippen LogP contribution in [-0.4, -0.2) is 26.9 Å². The number of carbonyl (C=O) groups excluding carboxylic acids is 2. The van der Waals surface area contributed by atoms with Crippen LogP contribution >= 0.6 is 27.7 Å². The van der Waals surface area contributed by atoms with Crippen molar-refractivity contribution in [2.24, 2.45) is 0 Å². The van der Waals surface area contributed by atoms with Gasteiger partial charge in [0.1, 0.15) is 5.82 Å². The zero-order valence-corrected chi connectivity index (χ0v) is 16.3. The SMILES string of the molecule is CC(C)(C)N(C(=O)c1ccccc1F)N(Cl)C(=O)c1ccccc1Br. The lowest BCUT2D eigenvalue weighted by Gasteiger charge is -2.39. The summed E-state index contributed by atoms with van der Waals surface area (Å²) in [7, 11) is 0. The second-order valence-corrected chi connectivity index (χ2v) is 7.49. The van der Waals surface area contributed by atoms with E-state index >= 15 is 0 Å². The molecule has 4 nitrogen and oxygen atoms in total. The molecule has 0 fully saturated rings. The molecule has 0 radical (unpaired) electrons. The first-order valence-electron chi connectivity index (χ1n) is 7.48. The number of hydrazine groups is 1. The Kier molecular flexibility index (Phi) is 5.85. The van der Waals surface area contributed by atoms with Crippen LogP contribution in [-0.2, 0) is 0 Å². The van der Waals surface area contributed by atoms with Crippen LogP contribution in [0.3, 0.4) is 0 Å². The minimum absolute atomic E-state index is 0.164. The van der Waals surface area contributed by atoms with Gasteiger partial charge in [0.2, 0.25) is 0 Å². The summed E-state index contributed by atoms with van der Waals surface area (Å²) < 4.78 is 15.3. The van der Waals surface area contributed by atoms with E-state index < -0.39 is 23.2 Å². The molecule has 0 aliphatic heterocycles. The quantitative estimate of drug-likeness (QED) is 0.497. The van der Waals surface area contributed by atoms with Gasteiger partial charge in [-0.15, -0.1) is 0 Å². The van der Waals surface area contributed by atoms with Crippen molar-refractivity contribution in [3.63, 3.8) is 0 Å². The summed E-state index contributed by atoms with van der Waals surface area (Å²) in [5.41, 5.74) is -0.742. The highest BCUT2D eigenvalue weighted by atomic mass is 79.9. The fourth-order valence-corrected chi connectivity index (χ4v) is 3.06. The summed E-state index contributed by atoms with van der Waals surface area (Å²) in [5.74, 6) is -1.99. The summed E-state index contributed by atoms with van der Waals surface area (Å²) in [4.78, 5) is 25.6. The van der Waals surface area contributed by atoms with Crippen molar-refractivity contribution >= 4 is 39.5 Å². The van der Waals surface area contributed by atoms with Crippen molar-refractivity contribution in [2.75, 3.05) is 0 Å². The average Bonchev–Trinajstić information content (AvgIpc) is 2.53. The fraction of sp³-hybridized carbons (Fsp3) is 0.222. The Morgan fingerprint density at radius 3 is 2.00 bits per heavy atom. The number of hydrogen-bond acceptors (Lipinski definition) is 2. The summed E-state index contributed by atoms with van der Waals surface area (Å²) >= 11 is 9.52. The lowest BCUT2D eigenvalue weighted by Crippen LogP contribution is -2.54. The molecule has 25 heavy (non-hydrogen) atoms. The van der Waals surface area contributed by atoms with Crippen molar-refractivity contribution in [1.82, 2.24) is 9.54 Å². The van der Waals surface area contributed by atoms with Gasteiger partial charge in [0.15, 0.2) is 0 Å². The summed E-state index contributed by atoms with van der Waals surface area (Å²) in [5, 5.41) is 1.04. The maximum absolute atomic E-state index is 14.0. The Morgan fingerprint density at radius 1 is 0.960 bits per heavy atom. The molecule has 0 heterocycles. The standard InChI is InChI=1S/C18H17BrClFN2O2/c1-18(2,3)22(16(24)13-9-5-7-11-15(13)21)23(20)17(25)12-8-4-6-10-14(12)19/h4-11H,1-3H3. The second-order valence-electron chi connectivity index (χ2n) is 6.31. The summed E-state index contributed by atoms with van der Waals surface area (Å²) in [6, 6.07) is 12.3. The molecule has 0 saturated heterocycles. The normalized spacial score (nSPS) is 11.1. The molecule has 2 rings (SSSR count). The van der Waals surface area contributed by atoms with Gasteiger partial charge in [-0.05, 0) is 61.0 Å². The van der Waals surface area contributed by atoms with Gasteiger partial charge in [0.05, 0.1) is 16.7 Å². The Hall–Kier alpha value is -1.92. The highest BCUT2D eigenvalue weighted by Gasteiger charge is 2.37. The number of hydrogen-bond donors (Lipinski definition) is 0. The predicted octanol–water partition coefficient (Wildman–Crippen LogP) is 5.04. The van der Waals surface area contributed by atoms with Crippen LogP contribution in [0.4, 0.5) is 4.39 Å². The van der Waals surface area contributed by atoms with Gasteiger partial charge in [0, 0.05) is 16.2 Å². The molecule has 2 amide bonds. The first-order valence-corrected chi connectivity index (χ1v) is 8.61. The average molecular weight is 428 g/mol. The summed E-state index contributed by atoms with van der Waals surface area (Å²) in [6.07, 6.45) is 0. The van der Waals surface area contributed by atoms with Gasteiger partial charge in [-0.25, -0.2) is 9.40 Å². The number of benzene rings is 2. The van der Waals surface area contributed by atoms with E-state index in [0.29, 0.717) is 9.00 Å². The Labute approximate surface area is 159 Å². The third-order valence-corrected chi connectivity index (χ3v) is 4.38. The zero-order chi connectivity index (χ0) is 18.8. The molecular formula is C18H17BrClFN2O2. The van der Waals surface area contributed by atoms with E-state index in [4.69, 9.17) is 11.8 Å². The summed E-state index contributed by atoms with van der Waals surface area (Å²) in [6.45, 7) is 5.11. The molecule has 7 heteroatoms. The van der Waals surface area contributed by atoms with Gasteiger partial charge < -0.3 is 0 Å². The lowest BCUT2D eigenvalue weighted by atomic mass is 10.1. The molecule has 0 atom stereocenters. The molecular weight excluding hydrogens is 411 g/mol. The van der Waals surface area contributed by atoms with Gasteiger partial charge in [-0.3, -0.25) is 9.59 Å². The van der Waals surface area contributed by atoms with Crippen molar-refractivity contribution in [1.29, 1.82) is 0 Å². The predicted molar refractivity (Wildman–Crippen MR) is 98.5 cm³/mol. The van der Waals surface area contributed by atoms with Crippen molar-refractivity contribution < 1.29 is 14.0 Å². The second kappa shape index (κ2) is 7.54. The Balaban J connectivity index is 2.45. The largest absolute Gasteiger partial charge is 0.288 e. The number of amides is 2. The maximum Gasteiger partial charge on any atom is 0.288 e. The number of nitrogens with zero attached hydrogens (tertiary/aromatic N) is 2. The van der Waals surface area contributed by atoms with Crippen LogP contribution in [0, 0.1) is 5.82 Å². The van der Waals surface area contributed by atoms with Crippen LogP contribution in [0.15, 0.2) is 53.0 Å². The van der Waals surface area contributed by atoms with E-state index in [1.165, 1.54) is 18.2 Å². The smallest absolute Gasteiger partial charge is 0.267 e. The van der Waals surface area contributed by atoms with E-state index in [2.05, 4.69) is 15.9 Å². The molecule has 0 aliphatic rings. The van der Waals surface area contributed by atoms with Crippen molar-refractivity contribution in [3.8, 4) is 0 Å². The van der Waals surface area contributed by atoms with Gasteiger partial charge in [-0.1, -0.05) is 24.3 Å². The first kappa shape index (κ1) is 19.4. The third kappa shape index (κ3) is 4.19. The molecule has 0 bridgehead atoms. The zero-order valence-electron chi connectivity index (χ0n) is 14.0. The molecule has 2 aromatic rings. The molecule has 0 spiro atoms. The number of halogens is 3. The number of carbonyl (C=O) groups is 2. The Morgan fingerprint density at radius 2 is 1.48 bits per heavy atom.